The second-order valence-corrected chi connectivity index (χ2v) is 6.48. The first-order valence-corrected chi connectivity index (χ1v) is 8.54. The van der Waals surface area contributed by atoms with Crippen LogP contribution in [-0.2, 0) is 12.7 Å². The number of amides is 1. The molecule has 0 unspecified atom stereocenters. The van der Waals surface area contributed by atoms with Crippen molar-refractivity contribution in [2.75, 3.05) is 5.32 Å². The molecular weight excluding hydrogens is 393 g/mol. The fourth-order valence-electron chi connectivity index (χ4n) is 2.57. The van der Waals surface area contributed by atoms with Gasteiger partial charge < -0.3 is 9.88 Å². The number of nitrogens with zero attached hydrogens (tertiary/aromatic N) is 1. The Labute approximate surface area is 163 Å². The minimum Gasteiger partial charge on any atom is -0.322 e. The maximum Gasteiger partial charge on any atom is 0.416 e. The topological polar surface area (TPSA) is 51.1 Å². The molecule has 1 aromatic heterocycles. The Kier molecular flexibility index (Phi) is 5.56. The van der Waals surface area contributed by atoms with E-state index < -0.39 is 17.6 Å². The summed E-state index contributed by atoms with van der Waals surface area (Å²) in [5.74, 6) is -0.542. The summed E-state index contributed by atoms with van der Waals surface area (Å²) in [6, 6.07) is 13.7. The summed E-state index contributed by atoms with van der Waals surface area (Å²) in [4.78, 5) is 24.5. The van der Waals surface area contributed by atoms with Crippen LogP contribution in [0.4, 0.5) is 18.9 Å². The van der Waals surface area contributed by atoms with Crippen LogP contribution in [-0.4, -0.2) is 10.5 Å². The van der Waals surface area contributed by atoms with Crippen molar-refractivity contribution in [1.82, 2.24) is 4.57 Å². The molecule has 4 nitrogen and oxygen atoms in total. The highest BCUT2D eigenvalue weighted by Gasteiger charge is 2.30. The first-order chi connectivity index (χ1) is 13.2. The Hall–Kier alpha value is -3.06. The summed E-state index contributed by atoms with van der Waals surface area (Å²) in [7, 11) is 0. The lowest BCUT2D eigenvalue weighted by Gasteiger charge is -2.11. The first-order valence-electron chi connectivity index (χ1n) is 8.16. The Bertz CT molecular complexity index is 1060. The lowest BCUT2D eigenvalue weighted by atomic mass is 10.2. The van der Waals surface area contributed by atoms with Crippen LogP contribution in [0.3, 0.4) is 0 Å². The predicted molar refractivity (Wildman–Crippen MR) is 101 cm³/mol. The molecule has 0 bridgehead atoms. The molecule has 0 spiro atoms. The van der Waals surface area contributed by atoms with Crippen LogP contribution in [0.5, 0.6) is 0 Å². The van der Waals surface area contributed by atoms with Crippen molar-refractivity contribution < 1.29 is 18.0 Å². The Balaban J connectivity index is 1.78. The van der Waals surface area contributed by atoms with Crippen molar-refractivity contribution in [2.24, 2.45) is 0 Å². The third kappa shape index (κ3) is 4.80. The van der Waals surface area contributed by atoms with Gasteiger partial charge in [-0.05, 0) is 48.0 Å². The number of aromatic nitrogens is 1. The van der Waals surface area contributed by atoms with Crippen LogP contribution < -0.4 is 10.9 Å². The molecule has 0 aliphatic heterocycles. The van der Waals surface area contributed by atoms with Crippen LogP contribution in [0.15, 0.2) is 71.7 Å². The van der Waals surface area contributed by atoms with Gasteiger partial charge in [0.05, 0.1) is 17.7 Å². The van der Waals surface area contributed by atoms with E-state index >= 15 is 0 Å². The highest BCUT2D eigenvalue weighted by atomic mass is 35.5. The van der Waals surface area contributed by atoms with Gasteiger partial charge in [0, 0.05) is 23.0 Å². The minimum absolute atomic E-state index is 0.196. The third-order valence-electron chi connectivity index (χ3n) is 3.96. The van der Waals surface area contributed by atoms with Gasteiger partial charge in [-0.1, -0.05) is 23.7 Å². The second kappa shape index (κ2) is 7.90. The molecule has 2 aromatic carbocycles. The minimum atomic E-state index is -4.45. The van der Waals surface area contributed by atoms with E-state index in [0.29, 0.717) is 5.02 Å². The summed E-state index contributed by atoms with van der Waals surface area (Å²) in [6.07, 6.45) is -3.05. The van der Waals surface area contributed by atoms with E-state index in [-0.39, 0.29) is 23.4 Å². The largest absolute Gasteiger partial charge is 0.416 e. The summed E-state index contributed by atoms with van der Waals surface area (Å²) >= 11 is 5.94. The number of anilines is 1. The molecule has 0 saturated carbocycles. The number of hydrogen-bond donors (Lipinski definition) is 1. The molecule has 0 aliphatic rings. The van der Waals surface area contributed by atoms with Gasteiger partial charge in [-0.3, -0.25) is 9.59 Å². The maximum atomic E-state index is 12.6. The molecule has 1 N–H and O–H groups in total. The molecular formula is C20H14ClF3N2O2. The highest BCUT2D eigenvalue weighted by Crippen LogP contribution is 2.29. The maximum absolute atomic E-state index is 12.6. The molecule has 1 amide bonds. The van der Waals surface area contributed by atoms with Crippen molar-refractivity contribution in [3.63, 3.8) is 0 Å². The average molecular weight is 407 g/mol. The third-order valence-corrected chi connectivity index (χ3v) is 4.19. The summed E-state index contributed by atoms with van der Waals surface area (Å²) in [6.45, 7) is 0.223. The monoisotopic (exact) mass is 406 g/mol. The van der Waals surface area contributed by atoms with Crippen molar-refractivity contribution in [3.8, 4) is 0 Å². The summed E-state index contributed by atoms with van der Waals surface area (Å²) in [5.41, 5.74) is 0.0913. The van der Waals surface area contributed by atoms with Crippen LogP contribution in [0.1, 0.15) is 21.5 Å². The number of alkyl halides is 3. The molecule has 0 atom stereocenters. The number of benzene rings is 2. The van der Waals surface area contributed by atoms with Gasteiger partial charge in [0.25, 0.3) is 11.5 Å². The van der Waals surface area contributed by atoms with Crippen LogP contribution >= 0.6 is 11.6 Å². The molecule has 3 aromatic rings. The van der Waals surface area contributed by atoms with E-state index in [2.05, 4.69) is 5.32 Å². The van der Waals surface area contributed by atoms with Gasteiger partial charge >= 0.3 is 6.18 Å². The molecule has 8 heteroatoms. The van der Waals surface area contributed by atoms with E-state index in [1.165, 1.54) is 35.0 Å². The van der Waals surface area contributed by atoms with Crippen LogP contribution in [0.2, 0.25) is 5.02 Å². The van der Waals surface area contributed by atoms with Crippen LogP contribution in [0.25, 0.3) is 0 Å². The van der Waals surface area contributed by atoms with Gasteiger partial charge in [0.15, 0.2) is 0 Å². The zero-order valence-corrected chi connectivity index (χ0v) is 15.1. The Morgan fingerprint density at radius 2 is 1.75 bits per heavy atom. The molecule has 0 saturated heterocycles. The predicted octanol–water partition coefficient (Wildman–Crippen LogP) is 4.82. The quantitative estimate of drug-likeness (QED) is 0.675. The Morgan fingerprint density at radius 1 is 1.04 bits per heavy atom. The van der Waals surface area contributed by atoms with Crippen LogP contribution in [0, 0.1) is 0 Å². The van der Waals surface area contributed by atoms with Gasteiger partial charge in [-0.15, -0.1) is 0 Å². The van der Waals surface area contributed by atoms with E-state index in [9.17, 15) is 22.8 Å². The average Bonchev–Trinajstić information content (AvgIpc) is 2.63. The number of rotatable bonds is 4. The van der Waals surface area contributed by atoms with E-state index in [0.717, 1.165) is 17.7 Å². The van der Waals surface area contributed by atoms with Crippen molar-refractivity contribution in [2.45, 2.75) is 12.7 Å². The highest BCUT2D eigenvalue weighted by molar-refractivity contribution is 6.30. The molecule has 3 rings (SSSR count). The number of carbonyl (C=O) groups is 1. The molecule has 0 aliphatic carbocycles. The van der Waals surface area contributed by atoms with Gasteiger partial charge in [-0.25, -0.2) is 0 Å². The fourth-order valence-corrected chi connectivity index (χ4v) is 2.78. The number of hydrogen-bond acceptors (Lipinski definition) is 2. The van der Waals surface area contributed by atoms with Gasteiger partial charge in [-0.2, -0.15) is 13.2 Å². The number of halogens is 4. The van der Waals surface area contributed by atoms with E-state index in [4.69, 9.17) is 11.6 Å². The number of pyridine rings is 1. The summed E-state index contributed by atoms with van der Waals surface area (Å²) in [5, 5.41) is 3.04. The lowest BCUT2D eigenvalue weighted by Crippen LogP contribution is -2.22. The molecule has 0 radical (unpaired) electrons. The van der Waals surface area contributed by atoms with Crippen molar-refractivity contribution in [3.05, 3.63) is 98.9 Å². The molecule has 144 valence electrons. The summed E-state index contributed by atoms with van der Waals surface area (Å²) < 4.78 is 39.2. The molecule has 1 heterocycles. The SMILES string of the molecule is O=C(Nc1ccc(C(F)(F)F)cc1)c1ccc(=O)n(Cc2cccc(Cl)c2)c1. The zero-order chi connectivity index (χ0) is 20.3. The van der Waals surface area contributed by atoms with Gasteiger partial charge in [0.2, 0.25) is 0 Å². The molecule has 0 fully saturated rings. The first kappa shape index (κ1) is 19.7. The second-order valence-electron chi connectivity index (χ2n) is 6.04. The number of nitrogens with one attached hydrogen (secondary N) is 1. The number of carbonyl (C=O) groups excluding carboxylic acids is 1. The fraction of sp³-hybridized carbons (Fsp3) is 0.100. The van der Waals surface area contributed by atoms with Crippen molar-refractivity contribution >= 4 is 23.2 Å². The Morgan fingerprint density at radius 3 is 2.39 bits per heavy atom. The van der Waals surface area contributed by atoms with E-state index in [1.807, 2.05) is 0 Å². The standard InChI is InChI=1S/C20H14ClF3N2O2/c21-16-3-1-2-13(10-16)11-26-12-14(4-9-18(26)27)19(28)25-17-7-5-15(6-8-17)20(22,23)24/h1-10,12H,11H2,(H,25,28). The smallest absolute Gasteiger partial charge is 0.322 e. The van der Waals surface area contributed by atoms with E-state index in [1.54, 1.807) is 24.3 Å². The lowest BCUT2D eigenvalue weighted by molar-refractivity contribution is -0.137. The zero-order valence-electron chi connectivity index (χ0n) is 14.3. The van der Waals surface area contributed by atoms with Crippen molar-refractivity contribution in [1.29, 1.82) is 0 Å². The normalized spacial score (nSPS) is 11.3. The molecule has 28 heavy (non-hydrogen) atoms. The van der Waals surface area contributed by atoms with Gasteiger partial charge in [0.1, 0.15) is 0 Å².